The third-order valence-corrected chi connectivity index (χ3v) is 1.79. The van der Waals surface area contributed by atoms with Gasteiger partial charge in [0.15, 0.2) is 0 Å². The van der Waals surface area contributed by atoms with E-state index in [2.05, 4.69) is 0 Å². The van der Waals surface area contributed by atoms with Gasteiger partial charge in [0, 0.05) is 0 Å². The minimum atomic E-state index is -0.618. The molecule has 0 rings (SSSR count). The molecule has 0 aliphatic rings. The van der Waals surface area contributed by atoms with Gasteiger partial charge in [-0.2, -0.15) is 0 Å². The average Bonchev–Trinajstić information content (AvgIpc) is 2.11. The van der Waals surface area contributed by atoms with Crippen molar-refractivity contribution in [1.82, 2.24) is 0 Å². The van der Waals surface area contributed by atoms with Crippen LogP contribution >= 0.6 is 0 Å². The third-order valence-electron chi connectivity index (χ3n) is 1.79. The molecular formula is C10H17NO4. The van der Waals surface area contributed by atoms with E-state index < -0.39 is 10.9 Å². The number of ether oxygens (including phenoxy) is 1. The first-order valence-corrected chi connectivity index (χ1v) is 4.98. The molecule has 0 aliphatic heterocycles. The van der Waals surface area contributed by atoms with Gasteiger partial charge in [0.2, 0.25) is 6.20 Å². The van der Waals surface area contributed by atoms with Crippen molar-refractivity contribution < 1.29 is 14.5 Å². The Hall–Kier alpha value is -1.39. The second-order valence-electron chi connectivity index (χ2n) is 3.59. The first-order chi connectivity index (χ1) is 6.97. The highest BCUT2D eigenvalue weighted by Gasteiger charge is 2.15. The Morgan fingerprint density at radius 3 is 2.53 bits per heavy atom. The van der Waals surface area contributed by atoms with Crippen LogP contribution in [0.3, 0.4) is 0 Å². The predicted molar refractivity (Wildman–Crippen MR) is 55.8 cm³/mol. The van der Waals surface area contributed by atoms with Gasteiger partial charge in [-0.05, 0) is 25.7 Å². The fourth-order valence-electron chi connectivity index (χ4n) is 1.01. The highest BCUT2D eigenvalue weighted by atomic mass is 16.6. The van der Waals surface area contributed by atoms with E-state index in [9.17, 15) is 14.9 Å². The second-order valence-corrected chi connectivity index (χ2v) is 3.59. The molecule has 0 aromatic carbocycles. The molecule has 5 heteroatoms. The molecule has 0 aliphatic carbocycles. The number of carbonyl (C=O) groups is 1. The quantitative estimate of drug-likeness (QED) is 0.294. The lowest BCUT2D eigenvalue weighted by atomic mass is 10.0. The number of nitro groups is 1. The van der Waals surface area contributed by atoms with Crippen LogP contribution in [0.15, 0.2) is 11.8 Å². The largest absolute Gasteiger partial charge is 0.462 e. The zero-order valence-electron chi connectivity index (χ0n) is 9.36. The standard InChI is InChI=1S/C10H17NO4/c1-4-15-10(12)9(7-11(13)14)6-5-8(2)3/h7-8H,4-6H2,1-3H3. The summed E-state index contributed by atoms with van der Waals surface area (Å²) >= 11 is 0. The fraction of sp³-hybridized carbons (Fsp3) is 0.700. The van der Waals surface area contributed by atoms with E-state index in [0.717, 1.165) is 12.6 Å². The summed E-state index contributed by atoms with van der Waals surface area (Å²) in [5, 5.41) is 10.3. The van der Waals surface area contributed by atoms with Crippen LogP contribution in [0.25, 0.3) is 0 Å². The Labute approximate surface area is 89.3 Å². The summed E-state index contributed by atoms with van der Waals surface area (Å²) in [7, 11) is 0. The average molecular weight is 215 g/mol. The van der Waals surface area contributed by atoms with Gasteiger partial charge in [-0.25, -0.2) is 4.79 Å². The Kier molecular flexibility index (Phi) is 6.33. The van der Waals surface area contributed by atoms with Gasteiger partial charge in [-0.3, -0.25) is 10.1 Å². The number of esters is 1. The Balaban J connectivity index is 4.45. The molecule has 15 heavy (non-hydrogen) atoms. The SMILES string of the molecule is CCOC(=O)C(=C[N+](=O)[O-])CCC(C)C. The van der Waals surface area contributed by atoms with E-state index in [1.54, 1.807) is 6.92 Å². The maximum Gasteiger partial charge on any atom is 0.340 e. The second kappa shape index (κ2) is 6.98. The number of carbonyl (C=O) groups excluding carboxylic acids is 1. The summed E-state index contributed by atoms with van der Waals surface area (Å²) in [6.07, 6.45) is 1.86. The highest BCUT2D eigenvalue weighted by Crippen LogP contribution is 2.13. The van der Waals surface area contributed by atoms with Gasteiger partial charge in [0.1, 0.15) is 5.57 Å². The van der Waals surface area contributed by atoms with Gasteiger partial charge < -0.3 is 4.74 Å². The van der Waals surface area contributed by atoms with E-state index in [-0.39, 0.29) is 12.2 Å². The molecule has 0 heterocycles. The zero-order chi connectivity index (χ0) is 11.8. The molecule has 86 valence electrons. The molecule has 0 spiro atoms. The molecule has 0 amide bonds. The van der Waals surface area contributed by atoms with Crippen LogP contribution in [0.4, 0.5) is 0 Å². The normalized spacial score (nSPS) is 11.6. The van der Waals surface area contributed by atoms with Crippen LogP contribution in [0.5, 0.6) is 0 Å². The summed E-state index contributed by atoms with van der Waals surface area (Å²) in [6.45, 7) is 5.89. The highest BCUT2D eigenvalue weighted by molar-refractivity contribution is 5.88. The number of hydrogen-bond donors (Lipinski definition) is 0. The van der Waals surface area contributed by atoms with Crippen molar-refractivity contribution in [2.75, 3.05) is 6.61 Å². The maximum absolute atomic E-state index is 11.3. The molecule has 0 radical (unpaired) electrons. The molecule has 5 nitrogen and oxygen atoms in total. The Morgan fingerprint density at radius 2 is 2.13 bits per heavy atom. The van der Waals surface area contributed by atoms with Gasteiger partial charge in [0.25, 0.3) is 0 Å². The van der Waals surface area contributed by atoms with Crippen molar-refractivity contribution in [3.8, 4) is 0 Å². The van der Waals surface area contributed by atoms with Crippen LogP contribution in [0.2, 0.25) is 0 Å². The molecule has 0 fully saturated rings. The molecule has 0 unspecified atom stereocenters. The van der Waals surface area contributed by atoms with Crippen LogP contribution in [0, 0.1) is 16.0 Å². The predicted octanol–water partition coefficient (Wildman–Crippen LogP) is 2.15. The van der Waals surface area contributed by atoms with Crippen molar-refractivity contribution in [2.24, 2.45) is 5.92 Å². The minimum Gasteiger partial charge on any atom is -0.462 e. The number of nitrogens with zero attached hydrogens (tertiary/aromatic N) is 1. The zero-order valence-corrected chi connectivity index (χ0v) is 9.36. The topological polar surface area (TPSA) is 69.4 Å². The molecule has 0 aromatic heterocycles. The van der Waals surface area contributed by atoms with Gasteiger partial charge in [-0.15, -0.1) is 0 Å². The lowest BCUT2D eigenvalue weighted by Crippen LogP contribution is -2.10. The van der Waals surface area contributed by atoms with Gasteiger partial charge in [0.05, 0.1) is 11.5 Å². The molecule has 0 saturated carbocycles. The van der Waals surface area contributed by atoms with Gasteiger partial charge in [-0.1, -0.05) is 13.8 Å². The molecular weight excluding hydrogens is 198 g/mol. The molecule has 0 bridgehead atoms. The van der Waals surface area contributed by atoms with Crippen LogP contribution in [-0.2, 0) is 9.53 Å². The number of hydrogen-bond acceptors (Lipinski definition) is 4. The van der Waals surface area contributed by atoms with E-state index in [1.165, 1.54) is 0 Å². The summed E-state index contributed by atoms with van der Waals surface area (Å²) in [4.78, 5) is 21.0. The number of rotatable bonds is 6. The van der Waals surface area contributed by atoms with E-state index >= 15 is 0 Å². The van der Waals surface area contributed by atoms with Gasteiger partial charge >= 0.3 is 5.97 Å². The summed E-state index contributed by atoms with van der Waals surface area (Å²) in [5.74, 6) is -0.190. The van der Waals surface area contributed by atoms with E-state index in [4.69, 9.17) is 4.74 Å². The van der Waals surface area contributed by atoms with Crippen molar-refractivity contribution in [2.45, 2.75) is 33.6 Å². The lowest BCUT2D eigenvalue weighted by Gasteiger charge is -2.06. The van der Waals surface area contributed by atoms with Crippen LogP contribution < -0.4 is 0 Å². The molecule has 0 N–H and O–H groups in total. The summed E-state index contributed by atoms with van der Waals surface area (Å²) in [5.41, 5.74) is 0.135. The third kappa shape index (κ3) is 6.65. The molecule has 0 saturated heterocycles. The first-order valence-electron chi connectivity index (χ1n) is 4.98. The van der Waals surface area contributed by atoms with Crippen LogP contribution in [0.1, 0.15) is 33.6 Å². The monoisotopic (exact) mass is 215 g/mol. The van der Waals surface area contributed by atoms with Crippen molar-refractivity contribution in [3.63, 3.8) is 0 Å². The first kappa shape index (κ1) is 13.6. The fourth-order valence-corrected chi connectivity index (χ4v) is 1.01. The van der Waals surface area contributed by atoms with Crippen molar-refractivity contribution >= 4 is 5.97 Å². The van der Waals surface area contributed by atoms with Crippen molar-refractivity contribution in [3.05, 3.63) is 21.9 Å². The Bertz CT molecular complexity index is 258. The Morgan fingerprint density at radius 1 is 1.53 bits per heavy atom. The molecule has 0 atom stereocenters. The van der Waals surface area contributed by atoms with Crippen molar-refractivity contribution in [1.29, 1.82) is 0 Å². The minimum absolute atomic E-state index is 0.135. The van der Waals surface area contributed by atoms with E-state index in [1.807, 2.05) is 13.8 Å². The molecule has 0 aromatic rings. The smallest absolute Gasteiger partial charge is 0.340 e. The van der Waals surface area contributed by atoms with Crippen LogP contribution in [-0.4, -0.2) is 17.5 Å². The van der Waals surface area contributed by atoms with E-state index in [0.29, 0.717) is 12.3 Å². The maximum atomic E-state index is 11.3. The summed E-state index contributed by atoms with van der Waals surface area (Å²) < 4.78 is 4.73. The lowest BCUT2D eigenvalue weighted by molar-refractivity contribution is -0.403. The summed E-state index contributed by atoms with van der Waals surface area (Å²) in [6, 6.07) is 0.